The lowest BCUT2D eigenvalue weighted by Gasteiger charge is -2.20. The third-order valence-electron chi connectivity index (χ3n) is 16.2. The molecule has 0 amide bonds. The molecule has 0 saturated carbocycles. The highest BCUT2D eigenvalue weighted by Gasteiger charge is 2.25. The van der Waals surface area contributed by atoms with Crippen molar-refractivity contribution >= 4 is 43.6 Å². The van der Waals surface area contributed by atoms with E-state index in [9.17, 15) is 0 Å². The van der Waals surface area contributed by atoms with Crippen LogP contribution in [0.2, 0.25) is 0 Å². The SMILES string of the molecule is c1ccc(-c2ccc3c(c2)c2ccccc2n3-c2ccc(-c3nc(-c4ccccc4)nc(-c4ccccc4)n3)c(-c3cc(-c4nc(-c5ccccc5)nc(-c5ccccc5)n4)ccc3-n3c4ccccc4c4cc(-c5ccccc5)ccc43)c2)cc1. The summed E-state index contributed by atoms with van der Waals surface area (Å²) in [5, 5.41) is 4.59. The molecule has 0 aliphatic rings. The van der Waals surface area contributed by atoms with Crippen LogP contribution < -0.4 is 0 Å². The Labute approximate surface area is 496 Å². The molecule has 8 nitrogen and oxygen atoms in total. The van der Waals surface area contributed by atoms with Crippen LogP contribution in [0.15, 0.2) is 303 Å². The Bertz CT molecular complexity index is 5090. The predicted octanol–water partition coefficient (Wildman–Crippen LogP) is 19.3. The molecule has 0 fully saturated rings. The van der Waals surface area contributed by atoms with Gasteiger partial charge in [-0.25, -0.2) is 29.9 Å². The molecule has 0 unspecified atom stereocenters. The zero-order valence-electron chi connectivity index (χ0n) is 46.4. The molecule has 0 aliphatic heterocycles. The zero-order valence-corrected chi connectivity index (χ0v) is 46.4. The van der Waals surface area contributed by atoms with E-state index in [-0.39, 0.29) is 0 Å². The van der Waals surface area contributed by atoms with Crippen molar-refractivity contribution < 1.29 is 0 Å². The van der Waals surface area contributed by atoms with Gasteiger partial charge in [0.05, 0.1) is 27.8 Å². The average Bonchev–Trinajstić information content (AvgIpc) is 3.79. The molecule has 12 aromatic carbocycles. The highest BCUT2D eigenvalue weighted by Crippen LogP contribution is 2.45. The van der Waals surface area contributed by atoms with Gasteiger partial charge < -0.3 is 9.13 Å². The van der Waals surface area contributed by atoms with Gasteiger partial charge in [0, 0.05) is 66.2 Å². The zero-order chi connectivity index (χ0) is 56.9. The molecular weight excluding hydrogens is 1050 g/mol. The van der Waals surface area contributed by atoms with Gasteiger partial charge in [-0.2, -0.15) is 0 Å². The molecule has 0 bridgehead atoms. The number of benzene rings is 12. The van der Waals surface area contributed by atoms with Crippen molar-refractivity contribution in [3.63, 3.8) is 0 Å². The first-order chi connectivity index (χ1) is 42.6. The summed E-state index contributed by atoms with van der Waals surface area (Å²) in [7, 11) is 0. The molecule has 86 heavy (non-hydrogen) atoms. The molecule has 0 atom stereocenters. The Hall–Kier alpha value is -11.7. The fourth-order valence-corrected chi connectivity index (χ4v) is 12.1. The van der Waals surface area contributed by atoms with Crippen molar-refractivity contribution in [2.45, 2.75) is 0 Å². The maximum Gasteiger partial charge on any atom is 0.164 e. The maximum absolute atomic E-state index is 5.45. The van der Waals surface area contributed by atoms with Crippen molar-refractivity contribution in [1.82, 2.24) is 39.0 Å². The number of rotatable bonds is 11. The molecule has 0 saturated heterocycles. The van der Waals surface area contributed by atoms with E-state index in [4.69, 9.17) is 29.9 Å². The van der Waals surface area contributed by atoms with Crippen molar-refractivity contribution in [1.29, 1.82) is 0 Å². The molecular formula is C78H50N8. The summed E-state index contributed by atoms with van der Waals surface area (Å²) in [6, 6.07) is 106. The van der Waals surface area contributed by atoms with E-state index in [0.29, 0.717) is 34.9 Å². The molecule has 16 aromatic rings. The second-order valence-corrected chi connectivity index (χ2v) is 21.4. The fraction of sp³-hybridized carbons (Fsp3) is 0. The van der Waals surface area contributed by atoms with E-state index in [0.717, 1.165) is 116 Å². The van der Waals surface area contributed by atoms with E-state index in [1.54, 1.807) is 0 Å². The largest absolute Gasteiger partial charge is 0.309 e. The van der Waals surface area contributed by atoms with Crippen LogP contribution in [0.4, 0.5) is 0 Å². The van der Waals surface area contributed by atoms with Crippen LogP contribution >= 0.6 is 0 Å². The van der Waals surface area contributed by atoms with Gasteiger partial charge in [0.2, 0.25) is 0 Å². The van der Waals surface area contributed by atoms with Gasteiger partial charge >= 0.3 is 0 Å². The standard InChI is InChI=1S/C78H50N8/c1-7-23-51(24-8-1)57-39-44-70-65(47-57)61-35-19-21-37-68(61)85(70)60-42-43-63(78-83-75(55-31-15-5-16-32-55)80-76(84-78)56-33-17-6-18-34-56)64(50-60)67-49-59(77-81-73(53-27-11-3-12-28-53)79-74(82-77)54-29-13-4-14-30-54)41-46-72(67)86-69-38-22-20-36-62(69)66-48-58(40-45-71(66)86)52-25-9-2-10-26-52/h1-50H. The van der Waals surface area contributed by atoms with E-state index in [1.165, 1.54) is 5.56 Å². The fourth-order valence-electron chi connectivity index (χ4n) is 12.1. The van der Waals surface area contributed by atoms with Crippen LogP contribution in [0.3, 0.4) is 0 Å². The molecule has 0 spiro atoms. The number of nitrogens with zero attached hydrogens (tertiary/aromatic N) is 8. The number of para-hydroxylation sites is 2. The quantitative estimate of drug-likeness (QED) is 0.128. The second-order valence-electron chi connectivity index (χ2n) is 21.4. The molecule has 16 rings (SSSR count). The molecule has 4 heterocycles. The van der Waals surface area contributed by atoms with Crippen LogP contribution in [0.1, 0.15) is 0 Å². The second kappa shape index (κ2) is 21.2. The summed E-state index contributed by atoms with van der Waals surface area (Å²) in [6.07, 6.45) is 0. The third-order valence-corrected chi connectivity index (χ3v) is 16.2. The van der Waals surface area contributed by atoms with Crippen LogP contribution in [0.5, 0.6) is 0 Å². The van der Waals surface area contributed by atoms with Crippen LogP contribution in [0, 0.1) is 0 Å². The molecule has 0 radical (unpaired) electrons. The number of hydrogen-bond donors (Lipinski definition) is 0. The first kappa shape index (κ1) is 50.0. The molecule has 0 N–H and O–H groups in total. The molecule has 4 aromatic heterocycles. The Morgan fingerprint density at radius 3 is 0.988 bits per heavy atom. The maximum atomic E-state index is 5.45. The van der Waals surface area contributed by atoms with Gasteiger partial charge in [-0.15, -0.1) is 0 Å². The number of hydrogen-bond acceptors (Lipinski definition) is 6. The van der Waals surface area contributed by atoms with E-state index < -0.39 is 0 Å². The summed E-state index contributed by atoms with van der Waals surface area (Å²) >= 11 is 0. The summed E-state index contributed by atoms with van der Waals surface area (Å²) in [5.41, 5.74) is 17.8. The minimum Gasteiger partial charge on any atom is -0.309 e. The highest BCUT2D eigenvalue weighted by atomic mass is 15.1. The third kappa shape index (κ3) is 8.97. The van der Waals surface area contributed by atoms with Gasteiger partial charge in [0.15, 0.2) is 34.9 Å². The van der Waals surface area contributed by atoms with Crippen LogP contribution in [-0.2, 0) is 0 Å². The van der Waals surface area contributed by atoms with Crippen molar-refractivity contribution in [2.24, 2.45) is 0 Å². The van der Waals surface area contributed by atoms with Crippen molar-refractivity contribution in [3.05, 3.63) is 303 Å². The minimum atomic E-state index is 0.526. The van der Waals surface area contributed by atoms with Gasteiger partial charge in [-0.05, 0) is 101 Å². The topological polar surface area (TPSA) is 87.2 Å². The van der Waals surface area contributed by atoms with Gasteiger partial charge in [-0.3, -0.25) is 0 Å². The Morgan fingerprint density at radius 2 is 0.535 bits per heavy atom. The lowest BCUT2D eigenvalue weighted by molar-refractivity contribution is 1.07. The summed E-state index contributed by atoms with van der Waals surface area (Å²) in [6.45, 7) is 0. The predicted molar refractivity (Wildman–Crippen MR) is 351 cm³/mol. The lowest BCUT2D eigenvalue weighted by atomic mass is 9.94. The van der Waals surface area contributed by atoms with E-state index in [2.05, 4.69) is 215 Å². The Kier molecular flexibility index (Phi) is 12.3. The summed E-state index contributed by atoms with van der Waals surface area (Å²) in [5.74, 6) is 3.35. The van der Waals surface area contributed by atoms with Gasteiger partial charge in [0.1, 0.15) is 0 Å². The highest BCUT2D eigenvalue weighted by molar-refractivity contribution is 6.12. The van der Waals surface area contributed by atoms with E-state index >= 15 is 0 Å². The average molecular weight is 1100 g/mol. The van der Waals surface area contributed by atoms with E-state index in [1.807, 2.05) is 97.1 Å². The first-order valence-corrected chi connectivity index (χ1v) is 28.8. The normalized spacial score (nSPS) is 11.5. The number of aromatic nitrogens is 8. The summed E-state index contributed by atoms with van der Waals surface area (Å²) in [4.78, 5) is 31.8. The number of fused-ring (bicyclic) bond motifs is 6. The molecule has 0 aliphatic carbocycles. The van der Waals surface area contributed by atoms with Crippen LogP contribution in [0.25, 0.3) is 157 Å². The van der Waals surface area contributed by atoms with Gasteiger partial charge in [0.25, 0.3) is 0 Å². The Morgan fingerprint density at radius 1 is 0.186 bits per heavy atom. The lowest BCUT2D eigenvalue weighted by Crippen LogP contribution is -2.04. The summed E-state index contributed by atoms with van der Waals surface area (Å²) < 4.78 is 4.81. The van der Waals surface area contributed by atoms with Gasteiger partial charge in [-0.1, -0.05) is 231 Å². The molecule has 402 valence electrons. The Balaban J connectivity index is 1.02. The van der Waals surface area contributed by atoms with Crippen molar-refractivity contribution in [3.8, 4) is 113 Å². The molecule has 8 heteroatoms. The van der Waals surface area contributed by atoms with Crippen molar-refractivity contribution in [2.75, 3.05) is 0 Å². The van der Waals surface area contributed by atoms with Crippen LogP contribution in [-0.4, -0.2) is 39.0 Å². The smallest absolute Gasteiger partial charge is 0.164 e. The monoisotopic (exact) mass is 1100 g/mol. The first-order valence-electron chi connectivity index (χ1n) is 28.8. The minimum absolute atomic E-state index is 0.526.